The highest BCUT2D eigenvalue weighted by atomic mass is 32.2. The number of methoxy groups -OCH3 is 2. The van der Waals surface area contributed by atoms with Gasteiger partial charge in [-0.15, -0.1) is 0 Å². The van der Waals surface area contributed by atoms with Crippen molar-refractivity contribution in [3.63, 3.8) is 0 Å². The fraction of sp³-hybridized carbons (Fsp3) is 0.674. The highest BCUT2D eigenvalue weighted by Crippen LogP contribution is 2.58. The molecule has 1 aromatic carbocycles. The zero-order valence-electron chi connectivity index (χ0n) is 36.0. The summed E-state index contributed by atoms with van der Waals surface area (Å²) in [4.78, 5) is 66.5. The molecule has 3 fully saturated rings. The number of halogens is 3. The highest BCUT2D eigenvalue weighted by Gasteiger charge is 2.63. The SMILES string of the molecule is CC[C@@H]1C[C@H](C)CC/C=C\[C@@H]2C[C@@]2(C(=O)NS(=O)(=O)C2(C)CC2)CC(=O)[C@@H]2C[C@@H](Oc3cc4nc(OC)c(C(F)(F)F)nc4cc3OC)CN2C(=O)[C@H]1CC(=O)OC(C)(C)C. The first-order valence-corrected chi connectivity index (χ1v) is 22.4. The van der Waals surface area contributed by atoms with Gasteiger partial charge in [-0.05, 0) is 84.0 Å². The van der Waals surface area contributed by atoms with Crippen LogP contribution in [0.4, 0.5) is 13.2 Å². The second kappa shape index (κ2) is 17.0. The van der Waals surface area contributed by atoms with Crippen LogP contribution in [0.2, 0.25) is 0 Å². The summed E-state index contributed by atoms with van der Waals surface area (Å²) in [5.41, 5.74) is -3.68. The molecule has 2 saturated carbocycles. The van der Waals surface area contributed by atoms with Crippen LogP contribution in [0, 0.1) is 29.1 Å². The summed E-state index contributed by atoms with van der Waals surface area (Å²) in [6, 6.07) is 1.43. The Hall–Kier alpha value is -4.48. The van der Waals surface area contributed by atoms with E-state index >= 15 is 4.79 Å². The second-order valence-electron chi connectivity index (χ2n) is 18.5. The predicted octanol–water partition coefficient (Wildman–Crippen LogP) is 6.73. The molecule has 0 unspecified atom stereocenters. The van der Waals surface area contributed by atoms with Crippen LogP contribution >= 0.6 is 0 Å². The maximum absolute atomic E-state index is 15.1. The molecule has 1 aromatic heterocycles. The summed E-state index contributed by atoms with van der Waals surface area (Å²) in [5.74, 6) is -4.39. The smallest absolute Gasteiger partial charge is 0.438 e. The molecule has 2 amide bonds. The Balaban J connectivity index is 1.39. The number of amides is 2. The topological polar surface area (TPSA) is 180 Å². The molecule has 3 heterocycles. The van der Waals surface area contributed by atoms with Crippen LogP contribution in [0.1, 0.15) is 111 Å². The normalized spacial score (nSPS) is 28.7. The Morgan fingerprint density at radius 2 is 1.69 bits per heavy atom. The number of nitrogens with zero attached hydrogens (tertiary/aromatic N) is 3. The zero-order chi connectivity index (χ0) is 44.9. The Morgan fingerprint density at radius 1 is 1.02 bits per heavy atom. The summed E-state index contributed by atoms with van der Waals surface area (Å²) < 4.78 is 91.7. The van der Waals surface area contributed by atoms with E-state index in [1.54, 1.807) is 27.7 Å². The van der Waals surface area contributed by atoms with Crippen molar-refractivity contribution in [3.8, 4) is 17.4 Å². The van der Waals surface area contributed by atoms with Gasteiger partial charge in [-0.3, -0.25) is 23.9 Å². The Morgan fingerprint density at radius 3 is 2.30 bits per heavy atom. The molecule has 18 heteroatoms. The number of esters is 1. The van der Waals surface area contributed by atoms with Gasteiger partial charge in [0.1, 0.15) is 11.7 Å². The van der Waals surface area contributed by atoms with Gasteiger partial charge in [0.05, 0.1) is 60.3 Å². The molecule has 2 aliphatic heterocycles. The average molecular weight is 879 g/mol. The van der Waals surface area contributed by atoms with Crippen LogP contribution in [0.25, 0.3) is 11.0 Å². The minimum atomic E-state index is -4.86. The molecular weight excluding hydrogens is 822 g/mol. The van der Waals surface area contributed by atoms with Crippen molar-refractivity contribution in [2.75, 3.05) is 20.8 Å². The fourth-order valence-electron chi connectivity index (χ4n) is 8.71. The number of aromatic nitrogens is 2. The number of fused-ring (bicyclic) bond motifs is 3. The number of ketones is 1. The summed E-state index contributed by atoms with van der Waals surface area (Å²) in [7, 11) is -1.70. The van der Waals surface area contributed by atoms with E-state index < -0.39 is 91.1 Å². The summed E-state index contributed by atoms with van der Waals surface area (Å²) in [6.45, 7) is 10.7. The van der Waals surface area contributed by atoms with E-state index in [-0.39, 0.29) is 66.6 Å². The molecular formula is C43H57F3N4O10S. The minimum Gasteiger partial charge on any atom is -0.493 e. The molecule has 336 valence electrons. The number of alkyl halides is 3. The number of hydrogen-bond acceptors (Lipinski definition) is 12. The Bertz CT molecular complexity index is 2190. The Kier molecular flexibility index (Phi) is 12.8. The average Bonchev–Trinajstić information content (AvgIpc) is 4.05. The number of hydrogen-bond donors (Lipinski definition) is 1. The lowest BCUT2D eigenvalue weighted by Gasteiger charge is -2.33. The van der Waals surface area contributed by atoms with Crippen LogP contribution in [0.5, 0.6) is 17.4 Å². The number of sulfonamides is 1. The largest absolute Gasteiger partial charge is 0.493 e. The molecule has 0 bridgehead atoms. The summed E-state index contributed by atoms with van der Waals surface area (Å²) in [6.07, 6.45) is 1.07. The van der Waals surface area contributed by atoms with E-state index in [4.69, 9.17) is 18.9 Å². The molecule has 0 spiro atoms. The molecule has 1 saturated heterocycles. The molecule has 6 rings (SSSR count). The maximum atomic E-state index is 15.1. The molecule has 14 nitrogen and oxygen atoms in total. The van der Waals surface area contributed by atoms with Crippen LogP contribution in [0.15, 0.2) is 24.3 Å². The van der Waals surface area contributed by atoms with E-state index in [9.17, 15) is 36.0 Å². The van der Waals surface area contributed by atoms with Gasteiger partial charge < -0.3 is 23.8 Å². The highest BCUT2D eigenvalue weighted by molar-refractivity contribution is 7.91. The number of allylic oxidation sites excluding steroid dienone is 2. The molecule has 7 atom stereocenters. The molecule has 61 heavy (non-hydrogen) atoms. The van der Waals surface area contributed by atoms with Crippen molar-refractivity contribution in [3.05, 3.63) is 30.0 Å². The quantitative estimate of drug-likeness (QED) is 0.197. The lowest BCUT2D eigenvalue weighted by atomic mass is 9.79. The van der Waals surface area contributed by atoms with Crippen molar-refractivity contribution in [2.24, 2.45) is 29.1 Å². The third-order valence-corrected chi connectivity index (χ3v) is 14.8. The molecule has 2 aliphatic carbocycles. The lowest BCUT2D eigenvalue weighted by molar-refractivity contribution is -0.160. The number of rotatable bonds is 10. The van der Waals surface area contributed by atoms with Crippen molar-refractivity contribution < 1.29 is 59.7 Å². The van der Waals surface area contributed by atoms with Gasteiger partial charge in [0.25, 0.3) is 0 Å². The number of Topliss-reactive ketones (excluding diaryl/α,β-unsaturated/α-hetero) is 1. The molecule has 1 N–H and O–H groups in total. The van der Waals surface area contributed by atoms with E-state index in [0.717, 1.165) is 13.5 Å². The maximum Gasteiger partial charge on any atom is 0.438 e. The van der Waals surface area contributed by atoms with Gasteiger partial charge in [0, 0.05) is 25.0 Å². The van der Waals surface area contributed by atoms with Crippen molar-refractivity contribution in [2.45, 2.75) is 134 Å². The Labute approximate surface area is 354 Å². The van der Waals surface area contributed by atoms with Crippen molar-refractivity contribution in [1.82, 2.24) is 19.6 Å². The number of carbonyl (C=O) groups excluding carboxylic acids is 4. The number of carbonyl (C=O) groups is 4. The minimum absolute atomic E-state index is 0.00577. The van der Waals surface area contributed by atoms with Gasteiger partial charge in [0.15, 0.2) is 17.3 Å². The van der Waals surface area contributed by atoms with Gasteiger partial charge in [0.2, 0.25) is 33.4 Å². The van der Waals surface area contributed by atoms with Crippen molar-refractivity contribution >= 4 is 44.6 Å². The van der Waals surface area contributed by atoms with Crippen LogP contribution in [-0.4, -0.2) is 90.1 Å². The van der Waals surface area contributed by atoms with Gasteiger partial charge >= 0.3 is 12.1 Å². The fourth-order valence-corrected chi connectivity index (χ4v) is 10.0. The number of nitrogens with one attached hydrogen (secondary N) is 1. The standard InChI is InChI=1S/C43H57F3N4O10S/c1-9-25-16-24(2)12-10-11-13-26-21-42(26,39(54)49-61(55,56)41(6)14-15-41)22-32(51)31-17-27(23-50(31)38(53)28(25)18-35(52)60-40(3,4)5)59-34-20-30-29(19-33(34)57-7)47-36(43(44,45)46)37(48-30)58-8/h11,13,19-20,24-28,31H,9-10,12,14-18,21-23H2,1-8H3,(H,49,54)/b13-11-/t24-,25-,26-,27-,28+,31+,42-/m1/s1. The summed E-state index contributed by atoms with van der Waals surface area (Å²) >= 11 is 0. The van der Waals surface area contributed by atoms with Gasteiger partial charge in [-0.1, -0.05) is 32.4 Å². The summed E-state index contributed by atoms with van der Waals surface area (Å²) in [5, 5.41) is 0. The van der Waals surface area contributed by atoms with Crippen LogP contribution in [-0.2, 0) is 40.1 Å². The molecule has 2 aromatic rings. The van der Waals surface area contributed by atoms with Crippen molar-refractivity contribution in [1.29, 1.82) is 0 Å². The second-order valence-corrected chi connectivity index (χ2v) is 20.7. The molecule has 0 radical (unpaired) electrons. The van der Waals surface area contributed by atoms with E-state index in [1.807, 2.05) is 19.1 Å². The predicted molar refractivity (Wildman–Crippen MR) is 217 cm³/mol. The van der Waals surface area contributed by atoms with Gasteiger partial charge in [-0.2, -0.15) is 13.2 Å². The first-order chi connectivity index (χ1) is 28.4. The number of benzene rings is 1. The third-order valence-electron chi connectivity index (χ3n) is 12.6. The zero-order valence-corrected chi connectivity index (χ0v) is 36.8. The number of ether oxygens (including phenoxy) is 4. The van der Waals surface area contributed by atoms with E-state index in [1.165, 1.54) is 24.1 Å². The monoisotopic (exact) mass is 878 g/mol. The van der Waals surface area contributed by atoms with Crippen LogP contribution < -0.4 is 18.9 Å². The van der Waals surface area contributed by atoms with Crippen LogP contribution in [0.3, 0.4) is 0 Å². The van der Waals surface area contributed by atoms with Gasteiger partial charge in [-0.25, -0.2) is 18.4 Å². The lowest BCUT2D eigenvalue weighted by Crippen LogP contribution is -2.48. The van der Waals surface area contributed by atoms with E-state index in [0.29, 0.717) is 32.1 Å². The molecule has 4 aliphatic rings. The first-order valence-electron chi connectivity index (χ1n) is 20.9. The first kappa shape index (κ1) is 46.0. The third kappa shape index (κ3) is 9.93. The van der Waals surface area contributed by atoms with E-state index in [2.05, 4.69) is 21.6 Å².